The summed E-state index contributed by atoms with van der Waals surface area (Å²) < 4.78 is 16.4. The second kappa shape index (κ2) is 6.71. The lowest BCUT2D eigenvalue weighted by molar-refractivity contribution is 0.284. The van der Waals surface area contributed by atoms with Crippen LogP contribution in [0.5, 0.6) is 11.5 Å². The van der Waals surface area contributed by atoms with Gasteiger partial charge >= 0.3 is 0 Å². The van der Waals surface area contributed by atoms with Crippen molar-refractivity contribution in [2.75, 3.05) is 21.3 Å². The third-order valence-electron chi connectivity index (χ3n) is 3.64. The lowest BCUT2D eigenvalue weighted by atomic mass is 10.2. The summed E-state index contributed by atoms with van der Waals surface area (Å²) in [4.78, 5) is 6.65. The number of para-hydroxylation sites is 2. The fourth-order valence-electron chi connectivity index (χ4n) is 2.57. The molecule has 0 atom stereocenters. The van der Waals surface area contributed by atoms with E-state index in [1.165, 1.54) is 0 Å². The third kappa shape index (κ3) is 3.46. The molecule has 0 aliphatic heterocycles. The molecule has 0 amide bonds. The maximum Gasteiger partial charge on any atom is 0.209 e. The number of methoxy groups -OCH3 is 2. The predicted octanol–water partition coefficient (Wildman–Crippen LogP) is 3.48. The molecule has 0 fully saturated rings. The van der Waals surface area contributed by atoms with Crippen LogP contribution in [0.15, 0.2) is 46.9 Å². The molecule has 0 spiro atoms. The fourth-order valence-corrected chi connectivity index (χ4v) is 2.57. The van der Waals surface area contributed by atoms with Crippen LogP contribution in [0.2, 0.25) is 0 Å². The van der Waals surface area contributed by atoms with Crippen LogP contribution < -0.4 is 9.47 Å². The number of nitrogens with zero attached hydrogens (tertiary/aromatic N) is 2. The fraction of sp³-hybridized carbons (Fsp3) is 0.278. The lowest BCUT2D eigenvalue weighted by Crippen LogP contribution is -2.17. The minimum atomic E-state index is 0.642. The highest BCUT2D eigenvalue weighted by Crippen LogP contribution is 2.28. The van der Waals surface area contributed by atoms with Crippen molar-refractivity contribution in [3.05, 3.63) is 53.9 Å². The Morgan fingerprint density at radius 2 is 1.78 bits per heavy atom. The summed E-state index contributed by atoms with van der Waals surface area (Å²) in [6, 6.07) is 13.7. The van der Waals surface area contributed by atoms with E-state index in [2.05, 4.69) is 9.88 Å². The Balaban J connectivity index is 1.70. The summed E-state index contributed by atoms with van der Waals surface area (Å²) in [6.45, 7) is 1.40. The number of benzene rings is 2. The maximum absolute atomic E-state index is 5.76. The van der Waals surface area contributed by atoms with Gasteiger partial charge in [0, 0.05) is 6.54 Å². The summed E-state index contributed by atoms with van der Waals surface area (Å²) >= 11 is 0. The van der Waals surface area contributed by atoms with Gasteiger partial charge < -0.3 is 13.9 Å². The average Bonchev–Trinajstić information content (AvgIpc) is 2.96. The number of fused-ring (bicyclic) bond motifs is 1. The zero-order chi connectivity index (χ0) is 16.2. The van der Waals surface area contributed by atoms with E-state index >= 15 is 0 Å². The van der Waals surface area contributed by atoms with Crippen molar-refractivity contribution in [2.24, 2.45) is 0 Å². The normalized spacial score (nSPS) is 11.1. The van der Waals surface area contributed by atoms with Gasteiger partial charge in [-0.2, -0.15) is 0 Å². The molecule has 120 valence electrons. The smallest absolute Gasteiger partial charge is 0.209 e. The van der Waals surface area contributed by atoms with Crippen LogP contribution in [-0.4, -0.2) is 31.2 Å². The van der Waals surface area contributed by atoms with Crippen molar-refractivity contribution >= 4 is 11.1 Å². The van der Waals surface area contributed by atoms with Crippen molar-refractivity contribution in [1.29, 1.82) is 0 Å². The van der Waals surface area contributed by atoms with E-state index in [0.29, 0.717) is 12.4 Å². The highest BCUT2D eigenvalue weighted by atomic mass is 16.5. The standard InChI is InChI=1S/C18H20N2O3/c1-20(11-13-8-9-16(21-2)17(10-13)22-3)12-18-19-14-6-4-5-7-15(14)23-18/h4-10H,11-12H2,1-3H3. The Hall–Kier alpha value is -2.53. The van der Waals surface area contributed by atoms with Crippen LogP contribution in [0.3, 0.4) is 0 Å². The molecule has 0 aliphatic carbocycles. The molecule has 0 saturated carbocycles. The first-order chi connectivity index (χ1) is 11.2. The van der Waals surface area contributed by atoms with Crippen LogP contribution in [0.1, 0.15) is 11.5 Å². The second-order valence-corrected chi connectivity index (χ2v) is 5.44. The Bertz CT molecular complexity index is 765. The molecule has 0 bridgehead atoms. The van der Waals surface area contributed by atoms with Crippen LogP contribution in [0, 0.1) is 0 Å². The molecule has 0 saturated heterocycles. The first-order valence-electron chi connectivity index (χ1n) is 7.43. The summed E-state index contributed by atoms with van der Waals surface area (Å²) in [5.74, 6) is 2.19. The Morgan fingerprint density at radius 1 is 1.00 bits per heavy atom. The summed E-state index contributed by atoms with van der Waals surface area (Å²) in [7, 11) is 5.31. The van der Waals surface area contributed by atoms with Gasteiger partial charge in [-0.1, -0.05) is 18.2 Å². The number of hydrogen-bond acceptors (Lipinski definition) is 5. The molecule has 0 radical (unpaired) electrons. The molecule has 1 aromatic heterocycles. The summed E-state index contributed by atoms with van der Waals surface area (Å²) in [5, 5.41) is 0. The van der Waals surface area contributed by atoms with Gasteiger partial charge in [0.2, 0.25) is 5.89 Å². The summed E-state index contributed by atoms with van der Waals surface area (Å²) in [5.41, 5.74) is 2.85. The Labute approximate surface area is 135 Å². The van der Waals surface area contributed by atoms with Crippen LogP contribution >= 0.6 is 0 Å². The lowest BCUT2D eigenvalue weighted by Gasteiger charge is -2.16. The minimum Gasteiger partial charge on any atom is -0.493 e. The van der Waals surface area contributed by atoms with Gasteiger partial charge in [0.05, 0.1) is 20.8 Å². The summed E-state index contributed by atoms with van der Waals surface area (Å²) in [6.07, 6.45) is 0. The third-order valence-corrected chi connectivity index (χ3v) is 3.64. The van der Waals surface area contributed by atoms with Gasteiger partial charge in [0.15, 0.2) is 17.1 Å². The highest BCUT2D eigenvalue weighted by molar-refractivity contribution is 5.72. The first-order valence-corrected chi connectivity index (χ1v) is 7.43. The minimum absolute atomic E-state index is 0.642. The Kier molecular flexibility index (Phi) is 4.48. The largest absolute Gasteiger partial charge is 0.493 e. The quantitative estimate of drug-likeness (QED) is 0.697. The number of rotatable bonds is 6. The number of oxazole rings is 1. The van der Waals surface area contributed by atoms with Crippen molar-refractivity contribution < 1.29 is 13.9 Å². The molecular formula is C18H20N2O3. The van der Waals surface area contributed by atoms with E-state index in [1.807, 2.05) is 49.5 Å². The first kappa shape index (κ1) is 15.4. The zero-order valence-electron chi connectivity index (χ0n) is 13.6. The SMILES string of the molecule is COc1ccc(CN(C)Cc2nc3ccccc3o2)cc1OC. The molecule has 0 N–H and O–H groups in total. The molecule has 1 heterocycles. The molecule has 3 rings (SSSR count). The van der Waals surface area contributed by atoms with Gasteiger partial charge in [-0.05, 0) is 36.9 Å². The highest BCUT2D eigenvalue weighted by Gasteiger charge is 2.10. The molecule has 0 unspecified atom stereocenters. The van der Waals surface area contributed by atoms with Gasteiger partial charge in [-0.15, -0.1) is 0 Å². The van der Waals surface area contributed by atoms with E-state index in [-0.39, 0.29) is 0 Å². The van der Waals surface area contributed by atoms with Crippen molar-refractivity contribution in [3.8, 4) is 11.5 Å². The van der Waals surface area contributed by atoms with E-state index in [1.54, 1.807) is 14.2 Å². The molecule has 2 aromatic carbocycles. The Morgan fingerprint density at radius 3 is 2.52 bits per heavy atom. The molecule has 5 nitrogen and oxygen atoms in total. The van der Waals surface area contributed by atoms with Crippen LogP contribution in [0.25, 0.3) is 11.1 Å². The zero-order valence-corrected chi connectivity index (χ0v) is 13.6. The molecule has 23 heavy (non-hydrogen) atoms. The van der Waals surface area contributed by atoms with E-state index in [0.717, 1.165) is 34.7 Å². The number of ether oxygens (including phenoxy) is 2. The van der Waals surface area contributed by atoms with E-state index in [4.69, 9.17) is 13.9 Å². The van der Waals surface area contributed by atoms with Gasteiger partial charge in [-0.25, -0.2) is 4.98 Å². The van der Waals surface area contributed by atoms with Crippen molar-refractivity contribution in [2.45, 2.75) is 13.1 Å². The van der Waals surface area contributed by atoms with E-state index in [9.17, 15) is 0 Å². The van der Waals surface area contributed by atoms with Crippen LogP contribution in [0.4, 0.5) is 0 Å². The van der Waals surface area contributed by atoms with Gasteiger partial charge in [0.1, 0.15) is 5.52 Å². The van der Waals surface area contributed by atoms with Crippen LogP contribution in [-0.2, 0) is 13.1 Å². The molecular weight excluding hydrogens is 292 g/mol. The predicted molar refractivity (Wildman–Crippen MR) is 88.7 cm³/mol. The van der Waals surface area contributed by atoms with Gasteiger partial charge in [-0.3, -0.25) is 4.90 Å². The van der Waals surface area contributed by atoms with Crippen molar-refractivity contribution in [3.63, 3.8) is 0 Å². The molecule has 5 heteroatoms. The van der Waals surface area contributed by atoms with Gasteiger partial charge in [0.25, 0.3) is 0 Å². The number of hydrogen-bond donors (Lipinski definition) is 0. The van der Waals surface area contributed by atoms with E-state index < -0.39 is 0 Å². The topological polar surface area (TPSA) is 47.7 Å². The number of aromatic nitrogens is 1. The average molecular weight is 312 g/mol. The van der Waals surface area contributed by atoms with Crippen molar-refractivity contribution in [1.82, 2.24) is 9.88 Å². The monoisotopic (exact) mass is 312 g/mol. The second-order valence-electron chi connectivity index (χ2n) is 5.44. The molecule has 0 aliphatic rings. The maximum atomic E-state index is 5.76. The molecule has 3 aromatic rings.